The topological polar surface area (TPSA) is 37.3 Å². The maximum atomic E-state index is 10.3. The summed E-state index contributed by atoms with van der Waals surface area (Å²) < 4.78 is 0. The molecule has 1 N–H and O–H groups in total. The first-order valence-electron chi connectivity index (χ1n) is 3.51. The van der Waals surface area contributed by atoms with Gasteiger partial charge in [0.25, 0.3) is 0 Å². The maximum Gasteiger partial charge on any atom is 0.125 e. The van der Waals surface area contributed by atoms with Gasteiger partial charge in [-0.25, -0.2) is 0 Å². The second kappa shape index (κ2) is 3.49. The van der Waals surface area contributed by atoms with Crippen LogP contribution in [0.25, 0.3) is 0 Å². The highest BCUT2D eigenvalue weighted by molar-refractivity contribution is 9.09. The Morgan fingerprint density at radius 3 is 2.70 bits per heavy atom. The van der Waals surface area contributed by atoms with Gasteiger partial charge in [-0.2, -0.15) is 0 Å². The Morgan fingerprint density at radius 1 is 1.50 bits per heavy atom. The summed E-state index contributed by atoms with van der Waals surface area (Å²) in [5.74, 6) is -0.141. The number of carbonyl (C=O) groups excluding carboxylic acids is 1. The minimum absolute atomic E-state index is 0.141. The first kappa shape index (κ1) is 8.21. The summed E-state index contributed by atoms with van der Waals surface area (Å²) in [5, 5.41) is 9.23. The van der Waals surface area contributed by atoms with Gasteiger partial charge in [0.2, 0.25) is 0 Å². The Bertz CT molecular complexity index is 127. The lowest BCUT2D eigenvalue weighted by Gasteiger charge is -2.26. The molecule has 10 heavy (non-hydrogen) atoms. The van der Waals surface area contributed by atoms with Gasteiger partial charge in [0.1, 0.15) is 6.29 Å². The van der Waals surface area contributed by atoms with E-state index in [0.29, 0.717) is 4.83 Å². The van der Waals surface area contributed by atoms with Crippen LogP contribution in [0.2, 0.25) is 0 Å². The molecule has 1 aliphatic carbocycles. The summed E-state index contributed by atoms with van der Waals surface area (Å²) in [5.41, 5.74) is 0. The molecule has 0 bridgehead atoms. The standard InChI is InChI=1S/C7H11BrO2/c8-6-1-2-7(10)5(3-6)4-9/h4-7,10H,1-3H2. The molecule has 0 radical (unpaired) electrons. The molecular weight excluding hydrogens is 196 g/mol. The minimum Gasteiger partial charge on any atom is -0.392 e. The van der Waals surface area contributed by atoms with Gasteiger partial charge in [0.05, 0.1) is 6.10 Å². The molecule has 1 rings (SSSR count). The average Bonchev–Trinajstić information content (AvgIpc) is 1.94. The second-order valence-corrected chi connectivity index (χ2v) is 4.07. The third kappa shape index (κ3) is 1.80. The summed E-state index contributed by atoms with van der Waals surface area (Å²) in [7, 11) is 0. The second-order valence-electron chi connectivity index (χ2n) is 2.78. The van der Waals surface area contributed by atoms with Crippen molar-refractivity contribution in [3.8, 4) is 0 Å². The van der Waals surface area contributed by atoms with E-state index in [9.17, 15) is 9.90 Å². The van der Waals surface area contributed by atoms with E-state index in [1.54, 1.807) is 0 Å². The quantitative estimate of drug-likeness (QED) is 0.516. The van der Waals surface area contributed by atoms with Crippen molar-refractivity contribution in [1.82, 2.24) is 0 Å². The number of aliphatic hydroxyl groups is 1. The number of halogens is 1. The lowest BCUT2D eigenvalue weighted by Crippen LogP contribution is -2.30. The molecule has 1 saturated carbocycles. The van der Waals surface area contributed by atoms with E-state index >= 15 is 0 Å². The molecule has 1 fully saturated rings. The van der Waals surface area contributed by atoms with Gasteiger partial charge in [0, 0.05) is 10.7 Å². The van der Waals surface area contributed by atoms with Gasteiger partial charge in [-0.05, 0) is 19.3 Å². The van der Waals surface area contributed by atoms with Gasteiger partial charge >= 0.3 is 0 Å². The molecular formula is C7H11BrO2. The monoisotopic (exact) mass is 206 g/mol. The molecule has 0 aromatic rings. The van der Waals surface area contributed by atoms with Gasteiger partial charge in [-0.3, -0.25) is 0 Å². The van der Waals surface area contributed by atoms with Crippen LogP contribution >= 0.6 is 15.9 Å². The molecule has 0 aromatic carbocycles. The number of aliphatic hydroxyl groups excluding tert-OH is 1. The molecule has 2 nitrogen and oxygen atoms in total. The molecule has 0 heterocycles. The lowest BCUT2D eigenvalue weighted by molar-refractivity contribution is -0.115. The van der Waals surface area contributed by atoms with E-state index in [1.165, 1.54) is 0 Å². The fraction of sp³-hybridized carbons (Fsp3) is 0.857. The fourth-order valence-corrected chi connectivity index (χ4v) is 1.98. The van der Waals surface area contributed by atoms with Crippen LogP contribution < -0.4 is 0 Å². The van der Waals surface area contributed by atoms with Crippen LogP contribution in [0.3, 0.4) is 0 Å². The molecule has 3 heteroatoms. The largest absolute Gasteiger partial charge is 0.392 e. The highest BCUT2D eigenvalue weighted by atomic mass is 79.9. The molecule has 0 aromatic heterocycles. The van der Waals surface area contributed by atoms with Crippen LogP contribution in [0.15, 0.2) is 0 Å². The maximum absolute atomic E-state index is 10.3. The van der Waals surface area contributed by atoms with Gasteiger partial charge in [-0.1, -0.05) is 15.9 Å². The van der Waals surface area contributed by atoms with Crippen molar-refractivity contribution in [2.24, 2.45) is 5.92 Å². The van der Waals surface area contributed by atoms with Crippen molar-refractivity contribution in [3.05, 3.63) is 0 Å². The molecule has 0 saturated heterocycles. The first-order chi connectivity index (χ1) is 4.74. The van der Waals surface area contributed by atoms with Crippen LogP contribution in [0.1, 0.15) is 19.3 Å². The Hall–Kier alpha value is 0.110. The van der Waals surface area contributed by atoms with E-state index in [0.717, 1.165) is 25.5 Å². The molecule has 1 aliphatic rings. The predicted molar refractivity (Wildman–Crippen MR) is 42.1 cm³/mol. The Morgan fingerprint density at radius 2 is 2.20 bits per heavy atom. The zero-order valence-corrected chi connectivity index (χ0v) is 7.25. The smallest absolute Gasteiger partial charge is 0.125 e. The van der Waals surface area contributed by atoms with E-state index in [4.69, 9.17) is 0 Å². The summed E-state index contributed by atoms with van der Waals surface area (Å²) in [6.45, 7) is 0. The van der Waals surface area contributed by atoms with E-state index in [-0.39, 0.29) is 5.92 Å². The number of alkyl halides is 1. The van der Waals surface area contributed by atoms with Crippen molar-refractivity contribution in [3.63, 3.8) is 0 Å². The summed E-state index contributed by atoms with van der Waals surface area (Å²) >= 11 is 3.43. The number of rotatable bonds is 1. The SMILES string of the molecule is O=CC1CC(Br)CCC1O. The van der Waals surface area contributed by atoms with Crippen LogP contribution in [0, 0.1) is 5.92 Å². The number of aldehydes is 1. The lowest BCUT2D eigenvalue weighted by atomic mass is 9.88. The number of carbonyl (C=O) groups is 1. The zero-order chi connectivity index (χ0) is 7.56. The van der Waals surface area contributed by atoms with E-state index in [2.05, 4.69) is 15.9 Å². The molecule has 0 aliphatic heterocycles. The minimum atomic E-state index is -0.397. The van der Waals surface area contributed by atoms with Gasteiger partial charge in [-0.15, -0.1) is 0 Å². The average molecular weight is 207 g/mol. The molecule has 0 amide bonds. The Labute approximate surface area is 68.7 Å². The van der Waals surface area contributed by atoms with Gasteiger partial charge in [0.15, 0.2) is 0 Å². The van der Waals surface area contributed by atoms with Crippen molar-refractivity contribution >= 4 is 22.2 Å². The predicted octanol–water partition coefficient (Wildman–Crippen LogP) is 1.11. The summed E-state index contributed by atoms with van der Waals surface area (Å²) in [6, 6.07) is 0. The molecule has 0 spiro atoms. The fourth-order valence-electron chi connectivity index (χ4n) is 1.28. The zero-order valence-electron chi connectivity index (χ0n) is 5.66. The van der Waals surface area contributed by atoms with Crippen molar-refractivity contribution in [2.45, 2.75) is 30.2 Å². The molecule has 58 valence electrons. The van der Waals surface area contributed by atoms with Gasteiger partial charge < -0.3 is 9.90 Å². The van der Waals surface area contributed by atoms with Crippen LogP contribution in [0.5, 0.6) is 0 Å². The van der Waals surface area contributed by atoms with Crippen molar-refractivity contribution in [2.75, 3.05) is 0 Å². The Balaban J connectivity index is 2.45. The van der Waals surface area contributed by atoms with Crippen LogP contribution in [-0.2, 0) is 4.79 Å². The van der Waals surface area contributed by atoms with Crippen molar-refractivity contribution < 1.29 is 9.90 Å². The highest BCUT2D eigenvalue weighted by Crippen LogP contribution is 2.27. The van der Waals surface area contributed by atoms with E-state index in [1.807, 2.05) is 0 Å². The first-order valence-corrected chi connectivity index (χ1v) is 4.43. The summed E-state index contributed by atoms with van der Waals surface area (Å²) in [4.78, 5) is 10.8. The third-order valence-corrected chi connectivity index (χ3v) is 2.80. The van der Waals surface area contributed by atoms with Crippen LogP contribution in [-0.4, -0.2) is 22.3 Å². The third-order valence-electron chi connectivity index (χ3n) is 1.97. The van der Waals surface area contributed by atoms with E-state index < -0.39 is 6.10 Å². The van der Waals surface area contributed by atoms with Crippen molar-refractivity contribution in [1.29, 1.82) is 0 Å². The number of hydrogen-bond donors (Lipinski definition) is 1. The highest BCUT2D eigenvalue weighted by Gasteiger charge is 2.26. The summed E-state index contributed by atoms with van der Waals surface area (Å²) in [6.07, 6.45) is 2.97. The van der Waals surface area contributed by atoms with Crippen LogP contribution in [0.4, 0.5) is 0 Å². The molecule has 3 unspecified atom stereocenters. The molecule has 3 atom stereocenters. The number of hydrogen-bond acceptors (Lipinski definition) is 2. The normalized spacial score (nSPS) is 41.2. The Kier molecular flexibility index (Phi) is 2.86.